The fourth-order valence-electron chi connectivity index (χ4n) is 3.08. The molecular weight excluding hydrogens is 907 g/mol. The second-order valence-corrected chi connectivity index (χ2v) is 21.8. The Bertz CT molecular complexity index is 1650. The number of thioether (sulfide) groups is 2. The molecule has 2 aromatic rings. The van der Waals surface area contributed by atoms with Crippen molar-refractivity contribution in [2.75, 3.05) is 28.3 Å². The van der Waals surface area contributed by atoms with Crippen molar-refractivity contribution in [3.63, 3.8) is 0 Å². The van der Waals surface area contributed by atoms with E-state index in [2.05, 4.69) is 54.9 Å². The number of methoxy groups -OCH3 is 2. The molecule has 0 aromatic heterocycles. The van der Waals surface area contributed by atoms with E-state index in [4.69, 9.17) is 21.7 Å². The minimum absolute atomic E-state index is 0.00452. The number of aromatic hydroxyl groups is 2. The summed E-state index contributed by atoms with van der Waals surface area (Å²) in [6, 6.07) is 6.28. The first-order valence-corrected chi connectivity index (χ1v) is 23.6. The molecule has 2 aliphatic rings. The molecule has 2 N–H and O–H groups in total. The first-order chi connectivity index (χ1) is 21.3. The summed E-state index contributed by atoms with van der Waals surface area (Å²) in [5.41, 5.74) is 1.43. The van der Waals surface area contributed by atoms with Gasteiger partial charge in [-0.15, -0.1) is 0 Å². The number of amides is 3. The van der Waals surface area contributed by atoms with Crippen LogP contribution in [0.25, 0.3) is 12.2 Å². The minimum Gasteiger partial charge on any atom is -0.504 e. The monoisotopic (exact) mass is 924 g/mol. The van der Waals surface area contributed by atoms with Gasteiger partial charge < -0.3 is 19.7 Å². The summed E-state index contributed by atoms with van der Waals surface area (Å²) in [6.45, 7) is 0. The van der Waals surface area contributed by atoms with Gasteiger partial charge in [-0.3, -0.25) is 24.2 Å². The summed E-state index contributed by atoms with van der Waals surface area (Å²) >= 11 is 23.0. The van der Waals surface area contributed by atoms with Gasteiger partial charge in [0.15, 0.2) is 23.0 Å². The van der Waals surface area contributed by atoms with E-state index in [0.717, 1.165) is 41.0 Å². The normalized spacial score (nSPS) is 16.0. The van der Waals surface area contributed by atoms with Crippen LogP contribution in [-0.4, -0.2) is 69.7 Å². The molecule has 45 heavy (non-hydrogen) atoms. The predicted molar refractivity (Wildman–Crippen MR) is 210 cm³/mol. The number of rotatable bonds is 5. The molecule has 2 saturated heterocycles. The van der Waals surface area contributed by atoms with Crippen LogP contribution in [0.4, 0.5) is 9.59 Å². The van der Waals surface area contributed by atoms with E-state index in [0.29, 0.717) is 40.8 Å². The zero-order chi connectivity index (χ0) is 33.8. The first kappa shape index (κ1) is 40.4. The van der Waals surface area contributed by atoms with Gasteiger partial charge in [-0.2, -0.15) is 0 Å². The maximum atomic E-state index is 11.8. The Morgan fingerprint density at radius 2 is 1.33 bits per heavy atom. The highest BCUT2D eigenvalue weighted by atomic mass is 79.9. The largest absolute Gasteiger partial charge is 0.504 e. The molecule has 0 unspecified atom stereocenters. The van der Waals surface area contributed by atoms with Crippen molar-refractivity contribution in [2.24, 2.45) is 0 Å². The maximum Gasteiger partial charge on any atom is 0.293 e. The molecule has 4 rings (SSSR count). The van der Waals surface area contributed by atoms with Crippen LogP contribution in [-0.2, 0) is 55.0 Å². The van der Waals surface area contributed by atoms with Gasteiger partial charge in [-0.25, -0.2) is 0 Å². The predicted octanol–water partition coefficient (Wildman–Crippen LogP) is 8.17. The standard InChI is InChI=1S/C12H10BrNO4S.C12H10BrNO3S2.P2S5/c1-14-11(16)10(19-12(14)17)4-6-3-9(18-2)8(15)5-7(6)13;1-14-11(18)10(19-12(14)16)4-6-3-9(17-2)8(15)5-7(6)13;3-1-2-5-7-6-4/h2*3-5,15H,1-2H3;/b2*10-4-;. The molecule has 0 bridgehead atoms. The Kier molecular flexibility index (Phi) is 17.8. The van der Waals surface area contributed by atoms with Gasteiger partial charge in [-0.05, 0) is 121 Å². The van der Waals surface area contributed by atoms with Gasteiger partial charge in [0.25, 0.3) is 16.4 Å². The van der Waals surface area contributed by atoms with Gasteiger partial charge in [0, 0.05) is 37.1 Å². The lowest BCUT2D eigenvalue weighted by molar-refractivity contribution is -0.121. The third-order valence-electron chi connectivity index (χ3n) is 5.27. The number of phenolic OH excluding ortho intramolecular Hbond substituents is 2. The number of halogens is 2. The van der Waals surface area contributed by atoms with E-state index in [1.54, 1.807) is 55.8 Å². The summed E-state index contributed by atoms with van der Waals surface area (Å²) in [5.74, 6) is 0.365. The fourth-order valence-corrected chi connectivity index (χ4v) is 15.5. The Morgan fingerprint density at radius 3 is 1.71 bits per heavy atom. The van der Waals surface area contributed by atoms with Gasteiger partial charge in [0.05, 0.1) is 24.0 Å². The Hall–Kier alpha value is -0.820. The molecule has 2 aromatic carbocycles. The highest BCUT2D eigenvalue weighted by Gasteiger charge is 2.32. The molecule has 0 saturated carbocycles. The number of ether oxygens (including phenoxy) is 2. The molecule has 2 heterocycles. The Balaban J connectivity index is 0.000000260. The highest BCUT2D eigenvalue weighted by Crippen LogP contribution is 2.38. The average Bonchev–Trinajstić information content (AvgIpc) is 3.39. The van der Waals surface area contributed by atoms with E-state index in [1.165, 1.54) is 48.2 Å². The molecule has 240 valence electrons. The van der Waals surface area contributed by atoms with Crippen molar-refractivity contribution >= 4 is 165 Å². The molecular formula is C24H20Br2N2O7P2S8. The SMILES string of the molecule is COc1cc(/C=C2\SC(=O)N(C)C2=O)c(Br)cc1O.COc1cc(/C=C2\SC(=O)N(C)C2=S)c(Br)cc1O.S=PP=S=S=S=S. The smallest absolute Gasteiger partial charge is 0.293 e. The Labute approximate surface area is 311 Å². The van der Waals surface area contributed by atoms with Crippen LogP contribution < -0.4 is 9.47 Å². The number of benzene rings is 2. The van der Waals surface area contributed by atoms with Crippen LogP contribution in [0.3, 0.4) is 0 Å². The molecule has 2 fully saturated rings. The van der Waals surface area contributed by atoms with Gasteiger partial charge >= 0.3 is 0 Å². The lowest BCUT2D eigenvalue weighted by Crippen LogP contribution is -2.22. The van der Waals surface area contributed by atoms with Crippen molar-refractivity contribution in [1.29, 1.82) is 0 Å². The van der Waals surface area contributed by atoms with Crippen LogP contribution in [0.15, 0.2) is 43.0 Å². The highest BCUT2D eigenvalue weighted by molar-refractivity contribution is 9.10. The number of phenols is 2. The van der Waals surface area contributed by atoms with Gasteiger partial charge in [0.1, 0.15) is 4.99 Å². The lowest BCUT2D eigenvalue weighted by Gasteiger charge is -2.08. The van der Waals surface area contributed by atoms with Crippen molar-refractivity contribution < 1.29 is 34.1 Å². The number of carbonyl (C=O) groups is 3. The van der Waals surface area contributed by atoms with E-state index < -0.39 is 0 Å². The van der Waals surface area contributed by atoms with Gasteiger partial charge in [0.2, 0.25) is 0 Å². The van der Waals surface area contributed by atoms with E-state index >= 15 is 0 Å². The number of carbonyl (C=O) groups excluding carboxylic acids is 3. The maximum absolute atomic E-state index is 11.8. The number of thiocarbonyl (C=S) groups is 1. The van der Waals surface area contributed by atoms with Crippen molar-refractivity contribution in [3.05, 3.63) is 54.1 Å². The minimum atomic E-state index is -0.339. The lowest BCUT2D eigenvalue weighted by atomic mass is 10.2. The van der Waals surface area contributed by atoms with Crippen molar-refractivity contribution in [1.82, 2.24) is 9.80 Å². The molecule has 0 atom stereocenters. The first-order valence-electron chi connectivity index (χ1n) is 11.5. The zero-order valence-corrected chi connectivity index (χ0v) is 34.7. The van der Waals surface area contributed by atoms with Crippen LogP contribution >= 0.6 is 81.7 Å². The number of hydrogen-bond donors (Lipinski definition) is 2. The topological polar surface area (TPSA) is 117 Å². The summed E-state index contributed by atoms with van der Waals surface area (Å²) in [5, 5.41) is 18.8. The summed E-state index contributed by atoms with van der Waals surface area (Å²) in [4.78, 5) is 38.7. The fraction of sp³-hybridized carbons (Fsp3) is 0.167. The van der Waals surface area contributed by atoms with Crippen molar-refractivity contribution in [3.8, 4) is 23.0 Å². The molecule has 0 aliphatic carbocycles. The zero-order valence-electron chi connectivity index (χ0n) is 23.2. The quantitative estimate of drug-likeness (QED) is 0.171. The van der Waals surface area contributed by atoms with Crippen molar-refractivity contribution in [2.45, 2.75) is 0 Å². The molecule has 0 radical (unpaired) electrons. The average molecular weight is 927 g/mol. The summed E-state index contributed by atoms with van der Waals surface area (Å²) in [6.07, 6.45) is 3.38. The molecule has 0 spiro atoms. The molecule has 9 nitrogen and oxygen atoms in total. The van der Waals surface area contributed by atoms with Crippen LogP contribution in [0.2, 0.25) is 0 Å². The molecule has 21 heteroatoms. The number of imide groups is 1. The van der Waals surface area contributed by atoms with E-state index in [9.17, 15) is 24.6 Å². The number of hydrogen-bond acceptors (Lipinski definition) is 12. The van der Waals surface area contributed by atoms with Crippen LogP contribution in [0.5, 0.6) is 23.0 Å². The van der Waals surface area contributed by atoms with Gasteiger partial charge in [-0.1, -0.05) is 44.1 Å². The molecule has 3 amide bonds. The van der Waals surface area contributed by atoms with E-state index in [-0.39, 0.29) is 27.9 Å². The summed E-state index contributed by atoms with van der Waals surface area (Å²) < 4.78 is 11.4. The Morgan fingerprint density at radius 1 is 0.867 bits per heavy atom. The third kappa shape index (κ3) is 11.7. The second-order valence-electron chi connectivity index (χ2n) is 7.95. The van der Waals surface area contributed by atoms with E-state index in [1.807, 2.05) is 0 Å². The van der Waals surface area contributed by atoms with Crippen LogP contribution in [0.1, 0.15) is 11.1 Å². The molecule has 2 aliphatic heterocycles. The number of likely N-dealkylation sites (N-methyl/N-ethyl adjacent to an activating group) is 2. The summed E-state index contributed by atoms with van der Waals surface area (Å²) in [7, 11) is 12.8. The van der Waals surface area contributed by atoms with Crippen LogP contribution in [0, 0.1) is 0 Å². The second kappa shape index (κ2) is 19.9. The number of nitrogens with zero attached hydrogens (tertiary/aromatic N) is 2. The third-order valence-corrected chi connectivity index (χ3v) is 19.2.